The normalized spacial score (nSPS) is 29.7. The molecule has 1 aliphatic carbocycles. The smallest absolute Gasteiger partial charge is 0.235 e. The summed E-state index contributed by atoms with van der Waals surface area (Å²) >= 11 is 0. The van der Waals surface area contributed by atoms with Gasteiger partial charge in [-0.3, -0.25) is 14.5 Å². The van der Waals surface area contributed by atoms with Crippen molar-refractivity contribution in [3.05, 3.63) is 35.4 Å². The van der Waals surface area contributed by atoms with Crippen molar-refractivity contribution in [1.82, 2.24) is 10.2 Å². The van der Waals surface area contributed by atoms with Crippen molar-refractivity contribution in [3.8, 4) is 0 Å². The van der Waals surface area contributed by atoms with Crippen LogP contribution < -0.4 is 11.1 Å². The number of nitrogens with one attached hydrogen (secondary N) is 1. The molecule has 3 rings (SSSR count). The summed E-state index contributed by atoms with van der Waals surface area (Å²) in [6.07, 6.45) is 4.02. The highest BCUT2D eigenvalue weighted by Crippen LogP contribution is 2.29. The fraction of sp³-hybridized carbons (Fsp3) is 0.600. The number of hydrogen-bond donors (Lipinski definition) is 2. The first-order valence-electron chi connectivity index (χ1n) is 9.35. The molecular weight excluding hydrogens is 314 g/mol. The van der Waals surface area contributed by atoms with Crippen molar-refractivity contribution in [2.24, 2.45) is 17.6 Å². The number of amides is 2. The van der Waals surface area contributed by atoms with Gasteiger partial charge in [0.2, 0.25) is 11.8 Å². The zero-order valence-corrected chi connectivity index (χ0v) is 15.2. The van der Waals surface area contributed by atoms with E-state index >= 15 is 0 Å². The summed E-state index contributed by atoms with van der Waals surface area (Å²) in [5, 5.41) is 3.20. The molecule has 0 spiro atoms. The topological polar surface area (TPSA) is 75.4 Å². The van der Waals surface area contributed by atoms with Crippen LogP contribution in [0.4, 0.5) is 0 Å². The van der Waals surface area contributed by atoms with Crippen molar-refractivity contribution in [3.63, 3.8) is 0 Å². The Morgan fingerprint density at radius 2 is 1.92 bits per heavy atom. The van der Waals surface area contributed by atoms with Gasteiger partial charge in [-0.05, 0) is 35.8 Å². The second kappa shape index (κ2) is 7.56. The highest BCUT2D eigenvalue weighted by atomic mass is 16.2. The number of hydrogen-bond acceptors (Lipinski definition) is 3. The maximum atomic E-state index is 12.6. The Bertz CT molecular complexity index is 646. The molecule has 1 aromatic carbocycles. The first-order valence-corrected chi connectivity index (χ1v) is 9.35. The molecule has 2 amide bonds. The van der Waals surface area contributed by atoms with Crippen LogP contribution in [0.1, 0.15) is 44.2 Å². The summed E-state index contributed by atoms with van der Waals surface area (Å²) in [4.78, 5) is 26.4. The van der Waals surface area contributed by atoms with Crippen LogP contribution in [0.3, 0.4) is 0 Å². The third-order valence-corrected chi connectivity index (χ3v) is 6.07. The Labute approximate surface area is 150 Å². The molecule has 0 radical (unpaired) electrons. The Hall–Kier alpha value is -1.88. The van der Waals surface area contributed by atoms with E-state index in [4.69, 9.17) is 5.73 Å². The zero-order chi connectivity index (χ0) is 18.0. The van der Waals surface area contributed by atoms with E-state index in [9.17, 15) is 9.59 Å². The molecule has 1 saturated carbocycles. The van der Waals surface area contributed by atoms with Gasteiger partial charge < -0.3 is 11.1 Å². The van der Waals surface area contributed by atoms with E-state index in [1.165, 1.54) is 12.0 Å². The van der Waals surface area contributed by atoms with Crippen LogP contribution in [0.2, 0.25) is 0 Å². The molecule has 1 aliphatic heterocycles. The SMILES string of the molecule is C[C@H]1[C@H](C)CCC[C@@H]1NC(=O)CN1Cc2ccccc2C[C@H]1C(N)=O. The lowest BCUT2D eigenvalue weighted by Crippen LogP contribution is -2.53. The molecule has 1 aromatic rings. The minimum Gasteiger partial charge on any atom is -0.368 e. The minimum absolute atomic E-state index is 0.00317. The molecule has 5 nitrogen and oxygen atoms in total. The van der Waals surface area contributed by atoms with Crippen LogP contribution in [-0.4, -0.2) is 35.3 Å². The second-order valence-electron chi connectivity index (χ2n) is 7.74. The number of rotatable bonds is 4. The fourth-order valence-electron chi connectivity index (χ4n) is 4.25. The zero-order valence-electron chi connectivity index (χ0n) is 15.2. The summed E-state index contributed by atoms with van der Waals surface area (Å²) in [5.41, 5.74) is 7.93. The van der Waals surface area contributed by atoms with Crippen LogP contribution in [0.15, 0.2) is 24.3 Å². The first kappa shape index (κ1) is 17.9. The molecule has 1 heterocycles. The number of nitrogens with zero attached hydrogens (tertiary/aromatic N) is 1. The maximum absolute atomic E-state index is 12.6. The van der Waals surface area contributed by atoms with Crippen molar-refractivity contribution in [1.29, 1.82) is 0 Å². The highest BCUT2D eigenvalue weighted by Gasteiger charge is 2.33. The summed E-state index contributed by atoms with van der Waals surface area (Å²) in [5.74, 6) is 0.768. The van der Waals surface area contributed by atoms with Gasteiger partial charge in [0.25, 0.3) is 0 Å². The van der Waals surface area contributed by atoms with E-state index in [0.717, 1.165) is 18.4 Å². The Morgan fingerprint density at radius 3 is 2.64 bits per heavy atom. The second-order valence-corrected chi connectivity index (χ2v) is 7.74. The van der Waals surface area contributed by atoms with E-state index in [1.807, 2.05) is 23.1 Å². The van der Waals surface area contributed by atoms with Crippen LogP contribution in [0.5, 0.6) is 0 Å². The predicted octanol–water partition coefficient (Wildman–Crippen LogP) is 1.84. The van der Waals surface area contributed by atoms with E-state index in [1.54, 1.807) is 0 Å². The van der Waals surface area contributed by atoms with Crippen molar-refractivity contribution < 1.29 is 9.59 Å². The Morgan fingerprint density at radius 1 is 1.20 bits per heavy atom. The number of primary amides is 1. The van der Waals surface area contributed by atoms with Gasteiger partial charge >= 0.3 is 0 Å². The summed E-state index contributed by atoms with van der Waals surface area (Å²) in [7, 11) is 0. The average Bonchev–Trinajstić information content (AvgIpc) is 2.58. The fourth-order valence-corrected chi connectivity index (χ4v) is 4.25. The molecule has 2 aliphatic rings. The van der Waals surface area contributed by atoms with Crippen LogP contribution in [-0.2, 0) is 22.6 Å². The van der Waals surface area contributed by atoms with Crippen molar-refractivity contribution in [2.45, 2.75) is 58.2 Å². The average molecular weight is 343 g/mol. The lowest BCUT2D eigenvalue weighted by Gasteiger charge is -2.37. The van der Waals surface area contributed by atoms with Crippen molar-refractivity contribution in [2.75, 3.05) is 6.54 Å². The Kier molecular flexibility index (Phi) is 5.42. The van der Waals surface area contributed by atoms with Gasteiger partial charge in [0.15, 0.2) is 0 Å². The summed E-state index contributed by atoms with van der Waals surface area (Å²) in [6.45, 7) is 5.29. The quantitative estimate of drug-likeness (QED) is 0.876. The third kappa shape index (κ3) is 4.03. The largest absolute Gasteiger partial charge is 0.368 e. The summed E-state index contributed by atoms with van der Waals surface area (Å²) in [6, 6.07) is 7.89. The van der Waals surface area contributed by atoms with Crippen LogP contribution in [0, 0.1) is 11.8 Å². The van der Waals surface area contributed by atoms with E-state index in [-0.39, 0.29) is 24.4 Å². The van der Waals surface area contributed by atoms with Gasteiger partial charge in [0.1, 0.15) is 0 Å². The van der Waals surface area contributed by atoms with Crippen molar-refractivity contribution >= 4 is 11.8 Å². The van der Waals surface area contributed by atoms with Gasteiger partial charge in [-0.25, -0.2) is 0 Å². The van der Waals surface area contributed by atoms with Crippen LogP contribution >= 0.6 is 0 Å². The number of nitrogens with two attached hydrogens (primary N) is 1. The third-order valence-electron chi connectivity index (χ3n) is 6.07. The monoisotopic (exact) mass is 343 g/mol. The molecular formula is C20H29N3O2. The predicted molar refractivity (Wildman–Crippen MR) is 97.6 cm³/mol. The molecule has 0 unspecified atom stereocenters. The lowest BCUT2D eigenvalue weighted by atomic mass is 9.78. The molecule has 4 atom stereocenters. The number of carbonyl (C=O) groups excluding carboxylic acids is 2. The lowest BCUT2D eigenvalue weighted by molar-refractivity contribution is -0.128. The molecule has 25 heavy (non-hydrogen) atoms. The molecule has 3 N–H and O–H groups in total. The highest BCUT2D eigenvalue weighted by molar-refractivity contribution is 5.83. The molecule has 5 heteroatoms. The minimum atomic E-state index is -0.414. The molecule has 136 valence electrons. The van der Waals surface area contributed by atoms with Gasteiger partial charge in [0, 0.05) is 12.6 Å². The molecule has 0 aromatic heterocycles. The standard InChI is InChI=1S/C20H29N3O2/c1-13-6-5-9-17(14(13)2)22-19(24)12-23-11-16-8-4-3-7-15(16)10-18(23)20(21)25/h3-4,7-8,13-14,17-18H,5-6,9-12H2,1-2H3,(H2,21,25)(H,22,24)/t13-,14+,17+,18+/m1/s1. The molecule has 1 fully saturated rings. The van der Waals surface area contributed by atoms with Crippen LogP contribution in [0.25, 0.3) is 0 Å². The van der Waals surface area contributed by atoms with Gasteiger partial charge in [-0.2, -0.15) is 0 Å². The number of fused-ring (bicyclic) bond motifs is 1. The molecule has 0 bridgehead atoms. The van der Waals surface area contributed by atoms with E-state index < -0.39 is 6.04 Å². The first-order chi connectivity index (χ1) is 12.0. The van der Waals surface area contributed by atoms with Gasteiger partial charge in [-0.15, -0.1) is 0 Å². The van der Waals surface area contributed by atoms with Gasteiger partial charge in [-0.1, -0.05) is 51.0 Å². The van der Waals surface area contributed by atoms with E-state index in [0.29, 0.717) is 24.8 Å². The van der Waals surface area contributed by atoms with Gasteiger partial charge in [0.05, 0.1) is 12.6 Å². The number of carbonyl (C=O) groups is 2. The molecule has 0 saturated heterocycles. The summed E-state index contributed by atoms with van der Waals surface area (Å²) < 4.78 is 0. The van der Waals surface area contributed by atoms with E-state index in [2.05, 4.69) is 25.2 Å². The number of benzene rings is 1. The maximum Gasteiger partial charge on any atom is 0.235 e. The Balaban J connectivity index is 1.66.